The van der Waals surface area contributed by atoms with Crippen molar-refractivity contribution in [2.45, 2.75) is 0 Å². The second-order valence-electron chi connectivity index (χ2n) is 0.283. The van der Waals surface area contributed by atoms with Crippen molar-refractivity contribution in [2.24, 2.45) is 0 Å². The minimum absolute atomic E-state index is 0. The molecule has 0 radical (unpaired) electrons. The van der Waals surface area contributed by atoms with Crippen molar-refractivity contribution in [1.29, 1.82) is 0 Å². The molecule has 0 amide bonds. The van der Waals surface area contributed by atoms with Crippen LogP contribution in [0.3, 0.4) is 0 Å². The Morgan fingerprint density at radius 2 is 1.40 bits per heavy atom. The molecule has 0 saturated carbocycles. The second-order valence-corrected chi connectivity index (χ2v) is 0.848. The average Bonchev–Trinajstić information content (AvgIpc) is 0.811. The summed E-state index contributed by atoms with van der Waals surface area (Å²) < 4.78 is 8.74. The van der Waals surface area contributed by atoms with Crippen molar-refractivity contribution in [1.82, 2.24) is 0 Å². The molecule has 0 heterocycles. The minimum atomic E-state index is -3.13. The monoisotopic (exact) mass is 140 g/mol. The van der Waals surface area contributed by atoms with Crippen LogP contribution in [-0.2, 0) is 21.1 Å². The zero-order valence-electron chi connectivity index (χ0n) is 2.12. The maximum absolute atomic E-state index is 8.74. The van der Waals surface area contributed by atoms with Crippen molar-refractivity contribution in [3.8, 4) is 0 Å². The van der Waals surface area contributed by atoms with Crippen LogP contribution in [0.4, 0.5) is 0 Å². The van der Waals surface area contributed by atoms with Crippen LogP contribution in [-0.4, -0.2) is 9.79 Å². The Hall–Kier alpha value is 0.644. The summed E-state index contributed by atoms with van der Waals surface area (Å²) in [5, 5.41) is 0. The van der Waals surface area contributed by atoms with E-state index >= 15 is 0 Å². The first kappa shape index (κ1) is 9.17. The molecule has 5 heteroatoms. The van der Waals surface area contributed by atoms with Gasteiger partial charge in [0.05, 0.1) is 0 Å². The summed E-state index contributed by atoms with van der Waals surface area (Å²) in [4.78, 5) is 14.3. The molecule has 0 unspecified atom stereocenters. The Labute approximate surface area is 39.9 Å². The molecule has 0 aliphatic rings. The van der Waals surface area contributed by atoms with Crippen molar-refractivity contribution in [3.63, 3.8) is 0 Å². The molecule has 0 aromatic carbocycles. The van der Waals surface area contributed by atoms with Crippen LogP contribution in [0.5, 0.6) is 0 Å². The van der Waals surface area contributed by atoms with Gasteiger partial charge in [-0.15, -0.1) is 0 Å². The van der Waals surface area contributed by atoms with E-state index in [2.05, 4.69) is 0 Å². The van der Waals surface area contributed by atoms with E-state index < -0.39 is 8.25 Å². The Morgan fingerprint density at radius 3 is 1.40 bits per heavy atom. The van der Waals surface area contributed by atoms with E-state index in [4.69, 9.17) is 14.4 Å². The van der Waals surface area contributed by atoms with Crippen LogP contribution in [0.15, 0.2) is 0 Å². The van der Waals surface area contributed by atoms with E-state index in [0.717, 1.165) is 0 Å². The van der Waals surface area contributed by atoms with Crippen LogP contribution in [0.2, 0.25) is 0 Å². The van der Waals surface area contributed by atoms with E-state index in [-0.39, 0.29) is 16.5 Å². The van der Waals surface area contributed by atoms with Gasteiger partial charge in [-0.2, -0.15) is 0 Å². The summed E-state index contributed by atoms with van der Waals surface area (Å²) in [5.74, 6) is 0. The molecule has 0 aliphatic heterocycles. The van der Waals surface area contributed by atoms with Crippen LogP contribution in [0.1, 0.15) is 0 Å². The standard InChI is InChI=1S/Ni.H3O3P/c;1-4(2)3/h;4H,(H2,1,2,3). The maximum Gasteiger partial charge on any atom is 0.314 e. The van der Waals surface area contributed by atoms with Gasteiger partial charge in [0.2, 0.25) is 0 Å². The Morgan fingerprint density at radius 1 is 1.40 bits per heavy atom. The SMILES string of the molecule is O=[PH](O)O.[Ni]. The molecule has 36 valence electrons. The van der Waals surface area contributed by atoms with E-state index in [9.17, 15) is 0 Å². The van der Waals surface area contributed by atoms with Crippen molar-refractivity contribution in [3.05, 3.63) is 0 Å². The molecule has 0 saturated heterocycles. The molecule has 0 aromatic heterocycles. The van der Waals surface area contributed by atoms with Gasteiger partial charge in [-0.3, -0.25) is 4.57 Å². The quantitative estimate of drug-likeness (QED) is 0.348. The summed E-state index contributed by atoms with van der Waals surface area (Å²) in [5.41, 5.74) is 0. The van der Waals surface area contributed by atoms with E-state index in [1.165, 1.54) is 0 Å². The number of hydrogen-bond donors (Lipinski definition) is 2. The molecule has 0 fully saturated rings. The summed E-state index contributed by atoms with van der Waals surface area (Å²) in [6.07, 6.45) is 0. The first-order valence-corrected chi connectivity index (χ1v) is 1.95. The largest absolute Gasteiger partial charge is 0.326 e. The Balaban J connectivity index is 0. The predicted octanol–water partition coefficient (Wildman–Crippen LogP) is -0.642. The topological polar surface area (TPSA) is 57.5 Å². The van der Waals surface area contributed by atoms with E-state index in [0.29, 0.717) is 0 Å². The zero-order chi connectivity index (χ0) is 3.58. The number of rotatable bonds is 0. The van der Waals surface area contributed by atoms with Crippen LogP contribution >= 0.6 is 8.25 Å². The van der Waals surface area contributed by atoms with Crippen molar-refractivity contribution >= 4 is 8.25 Å². The fourth-order valence-electron chi connectivity index (χ4n) is 0. The third kappa shape index (κ3) is 78.4. The predicted molar refractivity (Wildman–Crippen MR) is 13.4 cm³/mol. The molecule has 0 bridgehead atoms. The second kappa shape index (κ2) is 4.64. The normalized spacial score (nSPS) is 7.00. The fourth-order valence-corrected chi connectivity index (χ4v) is 0. The molecule has 2 N–H and O–H groups in total. The maximum atomic E-state index is 8.74. The molecule has 0 rings (SSSR count). The molecular formula is H3NiO3P. The van der Waals surface area contributed by atoms with Gasteiger partial charge in [-0.25, -0.2) is 0 Å². The third-order valence-electron chi connectivity index (χ3n) is 0. The van der Waals surface area contributed by atoms with Crippen molar-refractivity contribution in [2.75, 3.05) is 0 Å². The summed E-state index contributed by atoms with van der Waals surface area (Å²) in [6, 6.07) is 0. The molecule has 0 atom stereocenters. The molecule has 3 nitrogen and oxygen atoms in total. The Kier molecular flexibility index (Phi) is 8.51. The molecule has 5 heavy (non-hydrogen) atoms. The van der Waals surface area contributed by atoms with Gasteiger partial charge < -0.3 is 9.79 Å². The van der Waals surface area contributed by atoms with Crippen LogP contribution in [0, 0.1) is 0 Å². The van der Waals surface area contributed by atoms with Gasteiger partial charge in [0.15, 0.2) is 0 Å². The molecule has 0 spiro atoms. The zero-order valence-corrected chi connectivity index (χ0v) is 4.11. The third-order valence-corrected chi connectivity index (χ3v) is 0. The van der Waals surface area contributed by atoms with Crippen LogP contribution in [0.25, 0.3) is 0 Å². The van der Waals surface area contributed by atoms with Gasteiger partial charge in [0, 0.05) is 16.5 Å². The van der Waals surface area contributed by atoms with Gasteiger partial charge in [0.1, 0.15) is 0 Å². The fraction of sp³-hybridized carbons (Fsp3) is 0. The van der Waals surface area contributed by atoms with Gasteiger partial charge in [-0.1, -0.05) is 0 Å². The van der Waals surface area contributed by atoms with Crippen molar-refractivity contribution < 1.29 is 30.8 Å². The van der Waals surface area contributed by atoms with E-state index in [1.807, 2.05) is 0 Å². The van der Waals surface area contributed by atoms with Gasteiger partial charge >= 0.3 is 8.25 Å². The van der Waals surface area contributed by atoms with E-state index in [1.54, 1.807) is 0 Å². The minimum Gasteiger partial charge on any atom is -0.326 e. The van der Waals surface area contributed by atoms with Crippen LogP contribution < -0.4 is 0 Å². The smallest absolute Gasteiger partial charge is 0.314 e. The number of hydrogen-bond acceptors (Lipinski definition) is 1. The average molecular weight is 141 g/mol. The molecule has 0 aliphatic carbocycles. The summed E-state index contributed by atoms with van der Waals surface area (Å²) in [7, 11) is -3.13. The van der Waals surface area contributed by atoms with Gasteiger partial charge in [0.25, 0.3) is 0 Å². The van der Waals surface area contributed by atoms with Gasteiger partial charge in [-0.05, 0) is 0 Å². The Bertz CT molecular complexity index is 29.9. The first-order valence-electron chi connectivity index (χ1n) is 0.651. The first-order chi connectivity index (χ1) is 1.73. The molecule has 0 aromatic rings. The summed E-state index contributed by atoms with van der Waals surface area (Å²) >= 11 is 0. The molecular weight excluding hydrogens is 138 g/mol. The summed E-state index contributed by atoms with van der Waals surface area (Å²) in [6.45, 7) is 0.